The standard InChI is InChI=1S/C29H31Cl2N3O5/c1-18(2)38-26-12-10-21(15-27(26)37-4)17-32-34-29(36)24(14-20-8-6-5-7-9-20)33-28(35)19(3)39-25-13-11-22(30)16-23(25)31/h5-13,15-19,24H,14H2,1-4H3,(H,33,35)(H,34,36)/b32-17-/t19-,24-/m0/s1. The summed E-state index contributed by atoms with van der Waals surface area (Å²) in [6, 6.07) is 18.4. The number of carbonyl (C=O) groups is 2. The zero-order valence-corrected chi connectivity index (χ0v) is 23.6. The van der Waals surface area contributed by atoms with E-state index in [1.165, 1.54) is 12.3 Å². The Balaban J connectivity index is 1.69. The fourth-order valence-electron chi connectivity index (χ4n) is 3.53. The van der Waals surface area contributed by atoms with Crippen molar-refractivity contribution in [2.75, 3.05) is 7.11 Å². The average Bonchev–Trinajstić information content (AvgIpc) is 2.90. The second kappa shape index (κ2) is 14.4. The van der Waals surface area contributed by atoms with Crippen LogP contribution in [0, 0.1) is 0 Å². The molecule has 0 heterocycles. The molecule has 2 atom stereocenters. The van der Waals surface area contributed by atoms with E-state index in [0.717, 1.165) is 5.56 Å². The van der Waals surface area contributed by atoms with Crippen LogP contribution in [0.5, 0.6) is 17.2 Å². The van der Waals surface area contributed by atoms with Crippen molar-refractivity contribution < 1.29 is 23.8 Å². The van der Waals surface area contributed by atoms with Crippen molar-refractivity contribution in [2.24, 2.45) is 5.10 Å². The van der Waals surface area contributed by atoms with E-state index >= 15 is 0 Å². The molecule has 0 saturated carbocycles. The number of rotatable bonds is 12. The van der Waals surface area contributed by atoms with Crippen LogP contribution in [0.3, 0.4) is 0 Å². The number of hydrogen-bond donors (Lipinski definition) is 2. The van der Waals surface area contributed by atoms with E-state index in [-0.39, 0.29) is 17.5 Å². The van der Waals surface area contributed by atoms with Crippen LogP contribution >= 0.6 is 23.2 Å². The maximum absolute atomic E-state index is 13.1. The molecule has 0 radical (unpaired) electrons. The second-order valence-electron chi connectivity index (χ2n) is 8.90. The summed E-state index contributed by atoms with van der Waals surface area (Å²) in [4.78, 5) is 26.0. The Bertz CT molecular complexity index is 1300. The number of nitrogens with zero attached hydrogens (tertiary/aromatic N) is 1. The van der Waals surface area contributed by atoms with Crippen molar-refractivity contribution in [3.63, 3.8) is 0 Å². The molecular weight excluding hydrogens is 541 g/mol. The molecular formula is C29H31Cl2N3O5. The first-order chi connectivity index (χ1) is 18.7. The van der Waals surface area contributed by atoms with Gasteiger partial charge in [-0.05, 0) is 68.3 Å². The first kappa shape index (κ1) is 29.8. The summed E-state index contributed by atoms with van der Waals surface area (Å²) < 4.78 is 16.8. The Labute approximate surface area is 238 Å². The smallest absolute Gasteiger partial charge is 0.262 e. The van der Waals surface area contributed by atoms with E-state index in [9.17, 15) is 9.59 Å². The van der Waals surface area contributed by atoms with Crippen LogP contribution in [0.15, 0.2) is 71.8 Å². The Morgan fingerprint density at radius 3 is 2.28 bits per heavy atom. The molecule has 0 aliphatic carbocycles. The Morgan fingerprint density at radius 1 is 0.897 bits per heavy atom. The molecule has 8 nitrogen and oxygen atoms in total. The highest BCUT2D eigenvalue weighted by Crippen LogP contribution is 2.29. The van der Waals surface area contributed by atoms with Crippen LogP contribution in [0.1, 0.15) is 31.9 Å². The maximum atomic E-state index is 13.1. The zero-order valence-electron chi connectivity index (χ0n) is 22.1. The molecule has 0 aromatic heterocycles. The highest BCUT2D eigenvalue weighted by Gasteiger charge is 2.25. The molecule has 3 aromatic carbocycles. The van der Waals surface area contributed by atoms with Gasteiger partial charge >= 0.3 is 0 Å². The van der Waals surface area contributed by atoms with E-state index in [0.29, 0.717) is 27.8 Å². The van der Waals surface area contributed by atoms with Gasteiger partial charge in [-0.25, -0.2) is 5.43 Å². The van der Waals surface area contributed by atoms with Gasteiger partial charge in [0.2, 0.25) is 0 Å². The van der Waals surface area contributed by atoms with Gasteiger partial charge in [0.1, 0.15) is 11.8 Å². The summed E-state index contributed by atoms with van der Waals surface area (Å²) in [5.74, 6) is 0.467. The van der Waals surface area contributed by atoms with Crippen molar-refractivity contribution in [3.05, 3.63) is 87.9 Å². The van der Waals surface area contributed by atoms with Crippen molar-refractivity contribution in [1.29, 1.82) is 0 Å². The van der Waals surface area contributed by atoms with E-state index in [1.54, 1.807) is 44.4 Å². The number of ether oxygens (including phenoxy) is 3. The van der Waals surface area contributed by atoms with Gasteiger partial charge in [-0.3, -0.25) is 9.59 Å². The number of hydrazone groups is 1. The summed E-state index contributed by atoms with van der Waals surface area (Å²) in [5.41, 5.74) is 4.06. The summed E-state index contributed by atoms with van der Waals surface area (Å²) in [6.45, 7) is 5.42. The number of methoxy groups -OCH3 is 1. The van der Waals surface area contributed by atoms with Gasteiger partial charge < -0.3 is 19.5 Å². The molecule has 0 bridgehead atoms. The lowest BCUT2D eigenvalue weighted by atomic mass is 10.1. The van der Waals surface area contributed by atoms with Gasteiger partial charge in [-0.15, -0.1) is 0 Å². The summed E-state index contributed by atoms with van der Waals surface area (Å²) in [7, 11) is 1.55. The van der Waals surface area contributed by atoms with Crippen LogP contribution in [-0.2, 0) is 16.0 Å². The number of amides is 2. The van der Waals surface area contributed by atoms with Gasteiger partial charge in [0.15, 0.2) is 17.6 Å². The molecule has 0 saturated heterocycles. The molecule has 0 aliphatic heterocycles. The highest BCUT2D eigenvalue weighted by molar-refractivity contribution is 6.35. The normalized spacial score (nSPS) is 12.6. The lowest BCUT2D eigenvalue weighted by Crippen LogP contribution is -2.50. The second-order valence-corrected chi connectivity index (χ2v) is 9.74. The molecule has 0 spiro atoms. The largest absolute Gasteiger partial charge is 0.493 e. The maximum Gasteiger partial charge on any atom is 0.262 e. The first-order valence-corrected chi connectivity index (χ1v) is 13.1. The molecule has 0 unspecified atom stereocenters. The SMILES string of the molecule is COc1cc(/C=N\NC(=O)[C@H](Cc2ccccc2)NC(=O)[C@H](C)Oc2ccc(Cl)cc2Cl)ccc1OC(C)C. The summed E-state index contributed by atoms with van der Waals surface area (Å²) in [5, 5.41) is 7.55. The lowest BCUT2D eigenvalue weighted by molar-refractivity contribution is -0.132. The average molecular weight is 572 g/mol. The molecule has 0 fully saturated rings. The fraction of sp³-hybridized carbons (Fsp3) is 0.276. The van der Waals surface area contributed by atoms with Crippen LogP contribution < -0.4 is 25.0 Å². The van der Waals surface area contributed by atoms with Crippen LogP contribution in [0.2, 0.25) is 10.0 Å². The number of halogens is 2. The van der Waals surface area contributed by atoms with Crippen LogP contribution in [-0.4, -0.2) is 43.4 Å². The molecule has 0 aliphatic rings. The minimum atomic E-state index is -0.933. The number of nitrogens with one attached hydrogen (secondary N) is 2. The number of carbonyl (C=O) groups excluding carboxylic acids is 2. The van der Waals surface area contributed by atoms with Gasteiger partial charge in [-0.2, -0.15) is 5.10 Å². The Hall–Kier alpha value is -3.75. The first-order valence-electron chi connectivity index (χ1n) is 12.3. The van der Waals surface area contributed by atoms with E-state index < -0.39 is 24.0 Å². The molecule has 10 heteroatoms. The van der Waals surface area contributed by atoms with E-state index in [1.807, 2.05) is 44.2 Å². The van der Waals surface area contributed by atoms with Gasteiger partial charge in [-0.1, -0.05) is 53.5 Å². The quantitative estimate of drug-likeness (QED) is 0.223. The molecule has 206 valence electrons. The highest BCUT2D eigenvalue weighted by atomic mass is 35.5. The van der Waals surface area contributed by atoms with E-state index in [4.69, 9.17) is 37.4 Å². The van der Waals surface area contributed by atoms with Crippen molar-refractivity contribution in [3.8, 4) is 17.2 Å². The fourth-order valence-corrected chi connectivity index (χ4v) is 3.98. The predicted molar refractivity (Wildman–Crippen MR) is 153 cm³/mol. The molecule has 3 aromatic rings. The lowest BCUT2D eigenvalue weighted by Gasteiger charge is -2.21. The third-order valence-electron chi connectivity index (χ3n) is 5.42. The molecule has 3 rings (SSSR count). The predicted octanol–water partition coefficient (Wildman–Crippen LogP) is 5.43. The topological polar surface area (TPSA) is 98.2 Å². The zero-order chi connectivity index (χ0) is 28.4. The van der Waals surface area contributed by atoms with Crippen molar-refractivity contribution in [1.82, 2.24) is 10.7 Å². The molecule has 2 N–H and O–H groups in total. The molecule has 39 heavy (non-hydrogen) atoms. The van der Waals surface area contributed by atoms with Crippen LogP contribution in [0.4, 0.5) is 0 Å². The Kier molecular flexibility index (Phi) is 11.0. The minimum absolute atomic E-state index is 0.00856. The van der Waals surface area contributed by atoms with E-state index in [2.05, 4.69) is 15.8 Å². The number of hydrogen-bond acceptors (Lipinski definition) is 6. The Morgan fingerprint density at radius 2 is 1.62 bits per heavy atom. The summed E-state index contributed by atoms with van der Waals surface area (Å²) in [6.07, 6.45) is 0.787. The summed E-state index contributed by atoms with van der Waals surface area (Å²) >= 11 is 12.1. The van der Waals surface area contributed by atoms with Crippen molar-refractivity contribution >= 4 is 41.2 Å². The van der Waals surface area contributed by atoms with Crippen LogP contribution in [0.25, 0.3) is 0 Å². The number of benzene rings is 3. The van der Waals surface area contributed by atoms with Gasteiger partial charge in [0, 0.05) is 11.4 Å². The third-order valence-corrected chi connectivity index (χ3v) is 5.95. The molecule has 2 amide bonds. The van der Waals surface area contributed by atoms with Gasteiger partial charge in [0.25, 0.3) is 11.8 Å². The van der Waals surface area contributed by atoms with Crippen molar-refractivity contribution in [2.45, 2.75) is 45.4 Å². The minimum Gasteiger partial charge on any atom is -0.493 e. The van der Waals surface area contributed by atoms with Gasteiger partial charge in [0.05, 0.1) is 24.5 Å². The third kappa shape index (κ3) is 9.19. The monoisotopic (exact) mass is 571 g/mol.